The molecule has 0 aromatic heterocycles. The molecular weight excluding hydrogens is 456 g/mol. The summed E-state index contributed by atoms with van der Waals surface area (Å²) in [5.74, 6) is -3.57. The van der Waals surface area contributed by atoms with Crippen LogP contribution in [0.15, 0.2) is 48.5 Å². The maximum atomic E-state index is 12.8. The summed E-state index contributed by atoms with van der Waals surface area (Å²) in [6.45, 7) is 1.36. The maximum Gasteiger partial charge on any atom is 0.408 e. The van der Waals surface area contributed by atoms with E-state index in [2.05, 4.69) is 10.6 Å². The zero-order valence-electron chi connectivity index (χ0n) is 19.1. The number of nitrogens with one attached hydrogen (secondary N) is 2. The van der Waals surface area contributed by atoms with Gasteiger partial charge in [-0.3, -0.25) is 10.1 Å². The van der Waals surface area contributed by atoms with Crippen LogP contribution in [-0.2, 0) is 28.6 Å². The third-order valence-electron chi connectivity index (χ3n) is 6.18. The van der Waals surface area contributed by atoms with E-state index >= 15 is 0 Å². The fraction of sp³-hybridized carbons (Fsp3) is 0.360. The van der Waals surface area contributed by atoms with Gasteiger partial charge >= 0.3 is 18.0 Å². The van der Waals surface area contributed by atoms with Gasteiger partial charge in [0.1, 0.15) is 6.61 Å². The molecule has 184 valence electrons. The van der Waals surface area contributed by atoms with Crippen molar-refractivity contribution in [1.82, 2.24) is 10.6 Å². The Kier molecular flexibility index (Phi) is 7.02. The predicted molar refractivity (Wildman–Crippen MR) is 123 cm³/mol. The molecule has 1 heterocycles. The molecule has 2 aromatic rings. The van der Waals surface area contributed by atoms with Crippen LogP contribution in [0.5, 0.6) is 0 Å². The summed E-state index contributed by atoms with van der Waals surface area (Å²) in [5.41, 5.74) is 2.43. The number of alkyl carbamates (subject to hydrolysis) is 1. The van der Waals surface area contributed by atoms with Crippen molar-refractivity contribution in [3.8, 4) is 11.1 Å². The van der Waals surface area contributed by atoms with Crippen molar-refractivity contribution in [2.75, 3.05) is 26.4 Å². The van der Waals surface area contributed by atoms with E-state index in [1.807, 2.05) is 48.5 Å². The second kappa shape index (κ2) is 10.1. The van der Waals surface area contributed by atoms with Crippen molar-refractivity contribution >= 4 is 23.9 Å². The molecular formula is C25H26N2O8. The first-order chi connectivity index (χ1) is 16.9. The van der Waals surface area contributed by atoms with Crippen molar-refractivity contribution in [3.63, 3.8) is 0 Å². The number of amides is 2. The van der Waals surface area contributed by atoms with Crippen molar-refractivity contribution < 1.29 is 38.5 Å². The second-order valence-corrected chi connectivity index (χ2v) is 8.33. The van der Waals surface area contributed by atoms with Gasteiger partial charge in [-0.05, 0) is 29.2 Å². The van der Waals surface area contributed by atoms with E-state index in [0.717, 1.165) is 22.3 Å². The molecule has 1 aliphatic heterocycles. The first-order valence-electron chi connectivity index (χ1n) is 11.3. The molecule has 4 rings (SSSR count). The average molecular weight is 482 g/mol. The number of carboxylic acid groups (broad SMARTS) is 1. The smallest absolute Gasteiger partial charge is 0.408 e. The summed E-state index contributed by atoms with van der Waals surface area (Å²) >= 11 is 0. The number of rotatable bonds is 8. The van der Waals surface area contributed by atoms with E-state index < -0.39 is 35.5 Å². The van der Waals surface area contributed by atoms with Gasteiger partial charge in [0, 0.05) is 18.9 Å². The molecule has 10 heteroatoms. The summed E-state index contributed by atoms with van der Waals surface area (Å²) in [7, 11) is 0. The van der Waals surface area contributed by atoms with Crippen LogP contribution in [0.1, 0.15) is 30.4 Å². The Balaban J connectivity index is 1.46. The number of carbonyl (C=O) groups excluding carboxylic acids is 3. The summed E-state index contributed by atoms with van der Waals surface area (Å²) in [6, 6.07) is 13.8. The van der Waals surface area contributed by atoms with Crippen molar-refractivity contribution in [2.24, 2.45) is 0 Å². The molecule has 1 fully saturated rings. The summed E-state index contributed by atoms with van der Waals surface area (Å²) in [4.78, 5) is 49.6. The zero-order valence-corrected chi connectivity index (χ0v) is 19.1. The molecule has 2 aromatic carbocycles. The first-order valence-corrected chi connectivity index (χ1v) is 11.3. The normalized spacial score (nSPS) is 19.2. The van der Waals surface area contributed by atoms with Gasteiger partial charge in [0.2, 0.25) is 6.04 Å². The highest BCUT2D eigenvalue weighted by Gasteiger charge is 2.46. The third-order valence-corrected chi connectivity index (χ3v) is 6.18. The summed E-state index contributed by atoms with van der Waals surface area (Å²) in [5, 5.41) is 14.1. The molecule has 1 aliphatic carbocycles. The number of fused-ring (bicyclic) bond motifs is 3. The Bertz CT molecular complexity index is 1100. The van der Waals surface area contributed by atoms with Crippen LogP contribution in [0.25, 0.3) is 11.1 Å². The SMILES string of the molecule is CCOC(=O)C(NC(=O)OCC1c2ccccc2-c2ccccc21)C(=O)NC1(C(=O)O)CCOC1. The molecule has 2 unspecified atom stereocenters. The molecule has 0 spiro atoms. The fourth-order valence-electron chi connectivity index (χ4n) is 4.41. The van der Waals surface area contributed by atoms with Gasteiger partial charge in [-0.2, -0.15) is 0 Å². The topological polar surface area (TPSA) is 140 Å². The molecule has 2 atom stereocenters. The van der Waals surface area contributed by atoms with Gasteiger partial charge in [-0.15, -0.1) is 0 Å². The fourth-order valence-corrected chi connectivity index (χ4v) is 4.41. The van der Waals surface area contributed by atoms with Crippen LogP contribution in [0, 0.1) is 0 Å². The van der Waals surface area contributed by atoms with Crippen molar-refractivity contribution in [3.05, 3.63) is 59.7 Å². The number of hydrogen-bond acceptors (Lipinski definition) is 7. The maximum absolute atomic E-state index is 12.8. The second-order valence-electron chi connectivity index (χ2n) is 8.33. The van der Waals surface area contributed by atoms with E-state index in [0.29, 0.717) is 0 Å². The molecule has 2 aliphatic rings. The van der Waals surface area contributed by atoms with Crippen LogP contribution >= 0.6 is 0 Å². The monoisotopic (exact) mass is 482 g/mol. The Morgan fingerprint density at radius 3 is 2.23 bits per heavy atom. The molecule has 0 bridgehead atoms. The van der Waals surface area contributed by atoms with E-state index in [-0.39, 0.29) is 38.8 Å². The quantitative estimate of drug-likeness (QED) is 0.382. The van der Waals surface area contributed by atoms with E-state index in [9.17, 15) is 24.3 Å². The number of benzene rings is 2. The third kappa shape index (κ3) is 4.83. The number of hydrogen-bond donors (Lipinski definition) is 3. The van der Waals surface area contributed by atoms with Gasteiger partial charge in [0.25, 0.3) is 5.91 Å². The Morgan fingerprint density at radius 2 is 1.69 bits per heavy atom. The van der Waals surface area contributed by atoms with E-state index in [1.54, 1.807) is 6.92 Å². The van der Waals surface area contributed by atoms with Crippen molar-refractivity contribution in [1.29, 1.82) is 0 Å². The number of esters is 1. The van der Waals surface area contributed by atoms with Crippen molar-refractivity contribution in [2.45, 2.75) is 30.8 Å². The number of aliphatic carboxylic acids is 1. The molecule has 10 nitrogen and oxygen atoms in total. The van der Waals surface area contributed by atoms with Gasteiger partial charge in [-0.1, -0.05) is 48.5 Å². The van der Waals surface area contributed by atoms with Crippen LogP contribution in [-0.4, -0.2) is 67.1 Å². The molecule has 0 saturated carbocycles. The van der Waals surface area contributed by atoms with E-state index in [4.69, 9.17) is 14.2 Å². The highest BCUT2D eigenvalue weighted by molar-refractivity contribution is 6.05. The van der Waals surface area contributed by atoms with Gasteiger partial charge < -0.3 is 24.6 Å². The molecule has 3 N–H and O–H groups in total. The average Bonchev–Trinajstić information content (AvgIpc) is 3.45. The Labute approximate surface area is 201 Å². The number of carbonyl (C=O) groups is 4. The lowest BCUT2D eigenvalue weighted by Crippen LogP contribution is -2.61. The summed E-state index contributed by atoms with van der Waals surface area (Å²) < 4.78 is 15.4. The number of ether oxygens (including phenoxy) is 3. The van der Waals surface area contributed by atoms with Gasteiger partial charge in [0.05, 0.1) is 13.2 Å². The Hall–Kier alpha value is -3.92. The Morgan fingerprint density at radius 1 is 1.06 bits per heavy atom. The minimum atomic E-state index is -1.79. The van der Waals surface area contributed by atoms with Gasteiger partial charge in [-0.25, -0.2) is 14.4 Å². The lowest BCUT2D eigenvalue weighted by atomic mass is 9.98. The van der Waals surface area contributed by atoms with Crippen LogP contribution < -0.4 is 10.6 Å². The van der Waals surface area contributed by atoms with Crippen LogP contribution in [0.3, 0.4) is 0 Å². The largest absolute Gasteiger partial charge is 0.479 e. The molecule has 35 heavy (non-hydrogen) atoms. The standard InChI is InChI=1S/C25H26N2O8/c1-2-34-22(29)20(21(28)27-25(23(30)31)11-12-33-14-25)26-24(32)35-13-19-17-9-5-3-7-15(17)16-8-4-6-10-18(16)19/h3-10,19-20H,2,11-14H2,1H3,(H,26,32)(H,27,28)(H,30,31). The van der Waals surface area contributed by atoms with Gasteiger partial charge in [0.15, 0.2) is 5.54 Å². The minimum Gasteiger partial charge on any atom is -0.479 e. The zero-order chi connectivity index (χ0) is 25.0. The molecule has 1 saturated heterocycles. The minimum absolute atomic E-state index is 0.0224. The van der Waals surface area contributed by atoms with E-state index in [1.165, 1.54) is 0 Å². The number of carboxylic acids is 1. The van der Waals surface area contributed by atoms with Crippen LogP contribution in [0.2, 0.25) is 0 Å². The predicted octanol–water partition coefficient (Wildman–Crippen LogP) is 1.82. The lowest BCUT2D eigenvalue weighted by molar-refractivity contribution is -0.153. The first kappa shape index (κ1) is 24.2. The molecule has 0 radical (unpaired) electrons. The summed E-state index contributed by atoms with van der Waals surface area (Å²) in [6.07, 6.45) is -0.985. The molecule has 2 amide bonds. The lowest BCUT2D eigenvalue weighted by Gasteiger charge is -2.26. The highest BCUT2D eigenvalue weighted by atomic mass is 16.6. The highest BCUT2D eigenvalue weighted by Crippen LogP contribution is 2.44. The van der Waals surface area contributed by atoms with Crippen LogP contribution in [0.4, 0.5) is 4.79 Å².